The molecule has 0 bridgehead atoms. The Kier molecular flexibility index (Phi) is 6.16. The summed E-state index contributed by atoms with van der Waals surface area (Å²) in [5.41, 5.74) is 0.914. The first-order chi connectivity index (χ1) is 12.6. The summed E-state index contributed by atoms with van der Waals surface area (Å²) in [5, 5.41) is 8.73. The van der Waals surface area contributed by atoms with E-state index in [4.69, 9.17) is 4.74 Å². The molecule has 2 heterocycles. The van der Waals surface area contributed by atoms with Crippen molar-refractivity contribution in [2.45, 2.75) is 24.3 Å². The van der Waals surface area contributed by atoms with Gasteiger partial charge in [-0.3, -0.25) is 9.36 Å². The molecule has 0 spiro atoms. The maximum absolute atomic E-state index is 12.8. The van der Waals surface area contributed by atoms with Crippen LogP contribution in [0.4, 0.5) is 0 Å². The Hall–Kier alpha value is -2.06. The minimum absolute atomic E-state index is 0.172. The molecule has 7 nitrogen and oxygen atoms in total. The highest BCUT2D eigenvalue weighted by Crippen LogP contribution is 2.26. The molecule has 3 rings (SSSR count). The van der Waals surface area contributed by atoms with E-state index in [-0.39, 0.29) is 11.2 Å². The Morgan fingerprint density at radius 2 is 2.15 bits per heavy atom. The predicted molar refractivity (Wildman–Crippen MR) is 101 cm³/mol. The number of quaternary nitrogens is 1. The molecule has 26 heavy (non-hydrogen) atoms. The van der Waals surface area contributed by atoms with Crippen LogP contribution >= 0.6 is 11.8 Å². The number of carbonyl (C=O) groups excluding carboxylic acids is 1. The standard InChI is InChI=1S/C18H25N5O2S/c1-4-21-8-10-22(11-9-21)17(24)14(2)26-18-20-19-13-23(18)15-6-5-7-16(12-15)25-3/h5-7,12-14H,4,8-11H2,1-3H3/p+1/t14-/m1/s1. The second-order valence-corrected chi connectivity index (χ2v) is 7.68. The van der Waals surface area contributed by atoms with Crippen molar-refractivity contribution >= 4 is 17.7 Å². The number of hydrogen-bond donors (Lipinski definition) is 1. The van der Waals surface area contributed by atoms with Crippen molar-refractivity contribution in [1.29, 1.82) is 0 Å². The smallest absolute Gasteiger partial charge is 0.236 e. The lowest BCUT2D eigenvalue weighted by molar-refractivity contribution is -0.902. The van der Waals surface area contributed by atoms with Gasteiger partial charge in [-0.2, -0.15) is 0 Å². The van der Waals surface area contributed by atoms with Gasteiger partial charge in [0.05, 0.1) is 50.8 Å². The van der Waals surface area contributed by atoms with E-state index in [1.165, 1.54) is 11.8 Å². The number of rotatable bonds is 6. The number of nitrogens with one attached hydrogen (secondary N) is 1. The van der Waals surface area contributed by atoms with Crippen molar-refractivity contribution in [2.24, 2.45) is 0 Å². The van der Waals surface area contributed by atoms with Crippen molar-refractivity contribution in [1.82, 2.24) is 19.7 Å². The first-order valence-corrected chi connectivity index (χ1v) is 9.83. The van der Waals surface area contributed by atoms with Crippen LogP contribution < -0.4 is 9.64 Å². The van der Waals surface area contributed by atoms with Crippen LogP contribution in [0.15, 0.2) is 35.7 Å². The van der Waals surface area contributed by atoms with Crippen LogP contribution in [0.5, 0.6) is 5.75 Å². The van der Waals surface area contributed by atoms with E-state index in [2.05, 4.69) is 17.1 Å². The van der Waals surface area contributed by atoms with Gasteiger partial charge in [0.1, 0.15) is 12.1 Å². The quantitative estimate of drug-likeness (QED) is 0.744. The Morgan fingerprint density at radius 3 is 2.85 bits per heavy atom. The third-order valence-corrected chi connectivity index (χ3v) is 5.80. The zero-order valence-electron chi connectivity index (χ0n) is 15.5. The minimum atomic E-state index is -0.202. The minimum Gasteiger partial charge on any atom is -0.497 e. The van der Waals surface area contributed by atoms with Gasteiger partial charge in [0.2, 0.25) is 5.91 Å². The molecule has 1 aromatic carbocycles. The van der Waals surface area contributed by atoms with E-state index >= 15 is 0 Å². The molecular formula is C18H26N5O2S+. The average Bonchev–Trinajstić information content (AvgIpc) is 3.15. The number of nitrogens with zero attached hydrogens (tertiary/aromatic N) is 4. The molecule has 140 valence electrons. The number of ether oxygens (including phenoxy) is 1. The van der Waals surface area contributed by atoms with Gasteiger partial charge >= 0.3 is 0 Å². The van der Waals surface area contributed by atoms with Gasteiger partial charge in [0, 0.05) is 6.07 Å². The van der Waals surface area contributed by atoms with E-state index < -0.39 is 0 Å². The summed E-state index contributed by atoms with van der Waals surface area (Å²) < 4.78 is 7.17. The fourth-order valence-corrected chi connectivity index (χ4v) is 4.03. The zero-order chi connectivity index (χ0) is 18.5. The molecule has 1 aromatic heterocycles. The van der Waals surface area contributed by atoms with E-state index in [1.807, 2.05) is 40.7 Å². The molecule has 1 atom stereocenters. The number of benzene rings is 1. The third kappa shape index (κ3) is 4.19. The number of amides is 1. The van der Waals surface area contributed by atoms with E-state index in [0.717, 1.165) is 44.2 Å². The highest BCUT2D eigenvalue weighted by Gasteiger charge is 2.27. The molecule has 0 aliphatic carbocycles. The van der Waals surface area contributed by atoms with Crippen molar-refractivity contribution in [3.63, 3.8) is 0 Å². The van der Waals surface area contributed by atoms with E-state index in [1.54, 1.807) is 18.3 Å². The summed E-state index contributed by atoms with van der Waals surface area (Å²) in [7, 11) is 1.64. The van der Waals surface area contributed by atoms with Gasteiger partial charge in [0.25, 0.3) is 0 Å². The number of carbonyl (C=O) groups is 1. The van der Waals surface area contributed by atoms with Gasteiger partial charge in [0.15, 0.2) is 5.16 Å². The largest absolute Gasteiger partial charge is 0.497 e. The van der Waals surface area contributed by atoms with Crippen LogP contribution in [0.25, 0.3) is 5.69 Å². The molecule has 8 heteroatoms. The summed E-state index contributed by atoms with van der Waals surface area (Å²) in [4.78, 5) is 16.3. The molecule has 2 aromatic rings. The summed E-state index contributed by atoms with van der Waals surface area (Å²) in [6.45, 7) is 8.97. The number of hydrogen-bond acceptors (Lipinski definition) is 5. The fraction of sp³-hybridized carbons (Fsp3) is 0.500. The number of piperazine rings is 1. The van der Waals surface area contributed by atoms with Gasteiger partial charge < -0.3 is 14.5 Å². The molecule has 1 saturated heterocycles. The lowest BCUT2D eigenvalue weighted by atomic mass is 10.3. The predicted octanol–water partition coefficient (Wildman–Crippen LogP) is 0.504. The summed E-state index contributed by atoms with van der Waals surface area (Å²) in [5.74, 6) is 0.943. The van der Waals surface area contributed by atoms with E-state index in [9.17, 15) is 4.79 Å². The second kappa shape index (κ2) is 8.55. The molecular weight excluding hydrogens is 350 g/mol. The first kappa shape index (κ1) is 18.7. The van der Waals surface area contributed by atoms with Gasteiger partial charge in [-0.05, 0) is 26.0 Å². The molecule has 0 radical (unpaired) electrons. The van der Waals surface area contributed by atoms with Crippen molar-refractivity contribution in [3.8, 4) is 11.4 Å². The molecule has 1 aliphatic heterocycles. The number of methoxy groups -OCH3 is 1. The maximum atomic E-state index is 12.8. The van der Waals surface area contributed by atoms with Gasteiger partial charge in [-0.15, -0.1) is 10.2 Å². The van der Waals surface area contributed by atoms with Crippen molar-refractivity contribution in [3.05, 3.63) is 30.6 Å². The maximum Gasteiger partial charge on any atom is 0.236 e. The molecule has 1 aliphatic rings. The monoisotopic (exact) mass is 376 g/mol. The normalized spacial score (nSPS) is 16.5. The Bertz CT molecular complexity index is 743. The van der Waals surface area contributed by atoms with Crippen LogP contribution in [0.3, 0.4) is 0 Å². The molecule has 1 fully saturated rings. The number of aromatic nitrogens is 3. The number of thioether (sulfide) groups is 1. The topological polar surface area (TPSA) is 64.7 Å². The lowest BCUT2D eigenvalue weighted by Gasteiger charge is -2.32. The van der Waals surface area contributed by atoms with Crippen LogP contribution in [-0.4, -0.2) is 70.7 Å². The third-order valence-electron chi connectivity index (χ3n) is 4.76. The SMILES string of the molecule is CC[NH+]1CCN(C(=O)[C@@H](C)Sc2nncn2-c2cccc(OC)c2)CC1. The lowest BCUT2D eigenvalue weighted by Crippen LogP contribution is -3.14. The fourth-order valence-electron chi connectivity index (χ4n) is 3.10. The number of likely N-dealkylation sites (N-methyl/N-ethyl adjacent to an activating group) is 1. The Labute approximate surface area is 158 Å². The Balaban J connectivity index is 1.67. The van der Waals surface area contributed by atoms with Crippen LogP contribution in [-0.2, 0) is 4.79 Å². The molecule has 1 N–H and O–H groups in total. The van der Waals surface area contributed by atoms with E-state index in [0.29, 0.717) is 5.16 Å². The van der Waals surface area contributed by atoms with Gasteiger partial charge in [-0.25, -0.2) is 0 Å². The Morgan fingerprint density at radius 1 is 1.38 bits per heavy atom. The second-order valence-electron chi connectivity index (χ2n) is 6.37. The molecule has 1 amide bonds. The average molecular weight is 377 g/mol. The van der Waals surface area contributed by atoms with Crippen LogP contribution in [0, 0.1) is 0 Å². The highest BCUT2D eigenvalue weighted by molar-refractivity contribution is 8.00. The summed E-state index contributed by atoms with van der Waals surface area (Å²) >= 11 is 1.44. The zero-order valence-corrected chi connectivity index (χ0v) is 16.3. The highest BCUT2D eigenvalue weighted by atomic mass is 32.2. The molecule has 0 unspecified atom stereocenters. The van der Waals surface area contributed by atoms with Crippen molar-refractivity contribution in [2.75, 3.05) is 39.8 Å². The van der Waals surface area contributed by atoms with Crippen LogP contribution in [0.2, 0.25) is 0 Å². The summed E-state index contributed by atoms with van der Waals surface area (Å²) in [6.07, 6.45) is 1.66. The first-order valence-electron chi connectivity index (χ1n) is 8.95. The molecule has 0 saturated carbocycles. The van der Waals surface area contributed by atoms with Crippen molar-refractivity contribution < 1.29 is 14.4 Å². The van der Waals surface area contributed by atoms with Gasteiger partial charge in [-0.1, -0.05) is 17.8 Å². The summed E-state index contributed by atoms with van der Waals surface area (Å²) in [6, 6.07) is 7.71. The van der Waals surface area contributed by atoms with Crippen LogP contribution in [0.1, 0.15) is 13.8 Å².